The fraction of sp³-hybridized carbons (Fsp3) is 1.00. The second kappa shape index (κ2) is 5.48. The SMILES string of the molecule is COC1CC[C@]2(CO2)C([C@@]2(C)O[C@@H]2CCC(C)C)C1OC. The number of methoxy groups -OCH3 is 2. The first-order chi connectivity index (χ1) is 9.97. The molecule has 0 aromatic carbocycles. The van der Waals surface area contributed by atoms with Crippen LogP contribution in [0.3, 0.4) is 0 Å². The Hall–Kier alpha value is -0.160. The van der Waals surface area contributed by atoms with Crippen LogP contribution in [0.15, 0.2) is 0 Å². The Kier molecular flexibility index (Phi) is 4.11. The van der Waals surface area contributed by atoms with E-state index in [0.29, 0.717) is 6.10 Å². The van der Waals surface area contributed by atoms with Crippen LogP contribution in [-0.4, -0.2) is 50.3 Å². The van der Waals surface area contributed by atoms with Gasteiger partial charge in [0.1, 0.15) is 5.60 Å². The molecule has 3 rings (SSSR count). The summed E-state index contributed by atoms with van der Waals surface area (Å²) in [7, 11) is 3.58. The van der Waals surface area contributed by atoms with Crippen LogP contribution in [0.25, 0.3) is 0 Å². The van der Waals surface area contributed by atoms with Crippen molar-refractivity contribution in [2.45, 2.75) is 76.0 Å². The molecule has 122 valence electrons. The molecule has 3 unspecified atom stereocenters. The lowest BCUT2D eigenvalue weighted by atomic mass is 9.68. The highest BCUT2D eigenvalue weighted by atomic mass is 16.6. The van der Waals surface area contributed by atoms with Gasteiger partial charge < -0.3 is 18.9 Å². The summed E-state index contributed by atoms with van der Waals surface area (Å²) >= 11 is 0. The summed E-state index contributed by atoms with van der Waals surface area (Å²) in [4.78, 5) is 0. The summed E-state index contributed by atoms with van der Waals surface area (Å²) in [6.45, 7) is 7.63. The average molecular weight is 298 g/mol. The van der Waals surface area contributed by atoms with Crippen molar-refractivity contribution in [2.75, 3.05) is 20.8 Å². The Balaban J connectivity index is 1.74. The number of epoxide rings is 2. The zero-order chi connectivity index (χ0) is 15.3. The molecule has 0 amide bonds. The van der Waals surface area contributed by atoms with Crippen LogP contribution < -0.4 is 0 Å². The van der Waals surface area contributed by atoms with Crippen molar-refractivity contribution in [3.05, 3.63) is 0 Å². The summed E-state index contributed by atoms with van der Waals surface area (Å²) in [6.07, 6.45) is 4.99. The van der Waals surface area contributed by atoms with Crippen LogP contribution >= 0.6 is 0 Å². The quantitative estimate of drug-likeness (QED) is 0.707. The lowest BCUT2D eigenvalue weighted by Gasteiger charge is -2.42. The van der Waals surface area contributed by atoms with Gasteiger partial charge in [0.05, 0.1) is 36.4 Å². The van der Waals surface area contributed by atoms with Crippen molar-refractivity contribution < 1.29 is 18.9 Å². The highest BCUT2D eigenvalue weighted by Crippen LogP contribution is 2.59. The Bertz CT molecular complexity index is 379. The molecule has 0 aromatic heterocycles. The molecule has 2 aliphatic heterocycles. The summed E-state index contributed by atoms with van der Waals surface area (Å²) in [6, 6.07) is 0. The molecule has 0 bridgehead atoms. The van der Waals surface area contributed by atoms with Crippen LogP contribution in [0.2, 0.25) is 0 Å². The predicted molar refractivity (Wildman–Crippen MR) is 80.4 cm³/mol. The monoisotopic (exact) mass is 298 g/mol. The van der Waals surface area contributed by atoms with Crippen LogP contribution in [0.1, 0.15) is 46.5 Å². The number of hydrogen-bond acceptors (Lipinski definition) is 4. The standard InChI is InChI=1S/C17H30O4/c1-11(2)6-7-13-16(3,21-13)15-14(19-5)12(18-4)8-9-17(15)10-20-17/h11-15H,6-10H2,1-5H3/t12?,13-,14?,15?,16+,17+/m1/s1. The molecule has 0 aromatic rings. The van der Waals surface area contributed by atoms with Crippen molar-refractivity contribution in [3.8, 4) is 0 Å². The van der Waals surface area contributed by atoms with Gasteiger partial charge in [0.15, 0.2) is 0 Å². The summed E-state index contributed by atoms with van der Waals surface area (Å²) in [5.41, 5.74) is -0.125. The lowest BCUT2D eigenvalue weighted by molar-refractivity contribution is -0.128. The Morgan fingerprint density at radius 3 is 2.48 bits per heavy atom. The van der Waals surface area contributed by atoms with Gasteiger partial charge in [0, 0.05) is 14.2 Å². The fourth-order valence-corrected chi connectivity index (χ4v) is 4.40. The highest BCUT2D eigenvalue weighted by molar-refractivity contribution is 5.19. The lowest BCUT2D eigenvalue weighted by Crippen LogP contribution is -2.55. The van der Waals surface area contributed by atoms with Gasteiger partial charge in [0.25, 0.3) is 0 Å². The van der Waals surface area contributed by atoms with Gasteiger partial charge in [-0.25, -0.2) is 0 Å². The molecule has 1 aliphatic carbocycles. The van der Waals surface area contributed by atoms with E-state index < -0.39 is 0 Å². The van der Waals surface area contributed by atoms with Crippen LogP contribution in [-0.2, 0) is 18.9 Å². The largest absolute Gasteiger partial charge is 0.379 e. The average Bonchev–Trinajstić information content (AvgIpc) is 3.35. The maximum Gasteiger partial charge on any atom is 0.100 e. The molecule has 21 heavy (non-hydrogen) atoms. The maximum atomic E-state index is 6.18. The first-order valence-electron chi connectivity index (χ1n) is 8.34. The zero-order valence-corrected chi connectivity index (χ0v) is 14.1. The van der Waals surface area contributed by atoms with E-state index in [2.05, 4.69) is 20.8 Å². The number of hydrogen-bond donors (Lipinski definition) is 0. The van der Waals surface area contributed by atoms with Crippen molar-refractivity contribution in [2.24, 2.45) is 11.8 Å². The van der Waals surface area contributed by atoms with Crippen molar-refractivity contribution in [1.82, 2.24) is 0 Å². The minimum atomic E-state index is -0.108. The molecule has 3 fully saturated rings. The maximum absolute atomic E-state index is 6.18. The van der Waals surface area contributed by atoms with E-state index in [4.69, 9.17) is 18.9 Å². The van der Waals surface area contributed by atoms with Crippen LogP contribution in [0, 0.1) is 11.8 Å². The molecule has 1 saturated carbocycles. The molecular formula is C17H30O4. The van der Waals surface area contributed by atoms with E-state index in [1.807, 2.05) is 0 Å². The summed E-state index contributed by atoms with van der Waals surface area (Å²) < 4.78 is 23.6. The van der Waals surface area contributed by atoms with Crippen LogP contribution in [0.5, 0.6) is 0 Å². The van der Waals surface area contributed by atoms with Gasteiger partial charge in [-0.3, -0.25) is 0 Å². The molecular weight excluding hydrogens is 268 g/mol. The summed E-state index contributed by atoms with van der Waals surface area (Å²) in [5.74, 6) is 1.01. The zero-order valence-electron chi connectivity index (χ0n) is 14.1. The van der Waals surface area contributed by atoms with E-state index in [9.17, 15) is 0 Å². The van der Waals surface area contributed by atoms with Gasteiger partial charge in [-0.15, -0.1) is 0 Å². The topological polar surface area (TPSA) is 43.5 Å². The molecule has 0 N–H and O–H groups in total. The second-order valence-corrected chi connectivity index (χ2v) is 7.61. The van der Waals surface area contributed by atoms with Crippen molar-refractivity contribution >= 4 is 0 Å². The number of rotatable bonds is 6. The summed E-state index contributed by atoms with van der Waals surface area (Å²) in [5, 5.41) is 0. The molecule has 6 atom stereocenters. The minimum Gasteiger partial charge on any atom is -0.379 e. The van der Waals surface area contributed by atoms with E-state index in [1.165, 1.54) is 6.42 Å². The predicted octanol–water partition coefficient (Wildman–Crippen LogP) is 2.79. The molecule has 4 heteroatoms. The Morgan fingerprint density at radius 2 is 1.95 bits per heavy atom. The number of ether oxygens (including phenoxy) is 4. The molecule has 1 spiro atoms. The van der Waals surface area contributed by atoms with E-state index in [1.54, 1.807) is 14.2 Å². The Labute approximate surface area is 128 Å². The fourth-order valence-electron chi connectivity index (χ4n) is 4.40. The van der Waals surface area contributed by atoms with Crippen LogP contribution in [0.4, 0.5) is 0 Å². The minimum absolute atomic E-state index is 0.0168. The molecule has 4 nitrogen and oxygen atoms in total. The van der Waals surface area contributed by atoms with Gasteiger partial charge in [-0.1, -0.05) is 13.8 Å². The van der Waals surface area contributed by atoms with Gasteiger partial charge in [-0.2, -0.15) is 0 Å². The first-order valence-corrected chi connectivity index (χ1v) is 8.34. The van der Waals surface area contributed by atoms with Gasteiger partial charge in [0.2, 0.25) is 0 Å². The third-order valence-corrected chi connectivity index (χ3v) is 5.81. The smallest absolute Gasteiger partial charge is 0.100 e. The van der Waals surface area contributed by atoms with Crippen molar-refractivity contribution in [3.63, 3.8) is 0 Å². The van der Waals surface area contributed by atoms with Gasteiger partial charge >= 0.3 is 0 Å². The third kappa shape index (κ3) is 2.65. The second-order valence-electron chi connectivity index (χ2n) is 7.61. The molecule has 2 saturated heterocycles. The van der Waals surface area contributed by atoms with Gasteiger partial charge in [-0.05, 0) is 38.5 Å². The Morgan fingerprint density at radius 1 is 1.24 bits per heavy atom. The van der Waals surface area contributed by atoms with E-state index in [-0.39, 0.29) is 29.3 Å². The third-order valence-electron chi connectivity index (χ3n) is 5.81. The highest BCUT2D eigenvalue weighted by Gasteiger charge is 2.71. The molecule has 3 aliphatic rings. The van der Waals surface area contributed by atoms with E-state index in [0.717, 1.165) is 31.8 Å². The normalized spacial score (nSPS) is 48.9. The molecule has 2 heterocycles. The first kappa shape index (κ1) is 15.7. The molecule has 0 radical (unpaired) electrons. The van der Waals surface area contributed by atoms with E-state index >= 15 is 0 Å². The van der Waals surface area contributed by atoms with Crippen molar-refractivity contribution in [1.29, 1.82) is 0 Å².